The Kier molecular flexibility index (Phi) is 6.17. The Morgan fingerprint density at radius 1 is 1.19 bits per heavy atom. The van der Waals surface area contributed by atoms with Crippen LogP contribution in [0.2, 0.25) is 0 Å². The smallest absolute Gasteiger partial charge is 0.329 e. The fraction of sp³-hybridized carbons (Fsp3) is 0.222. The normalized spacial score (nSPS) is 14.7. The molecule has 0 spiro atoms. The zero-order valence-corrected chi connectivity index (χ0v) is 19.7. The summed E-state index contributed by atoms with van der Waals surface area (Å²) in [6, 6.07) is 16.5. The van der Waals surface area contributed by atoms with Crippen LogP contribution < -0.4 is 14.4 Å². The number of hydrogen-bond donors (Lipinski definition) is 0. The molecule has 0 bridgehead atoms. The van der Waals surface area contributed by atoms with Gasteiger partial charge in [-0.25, -0.2) is 9.18 Å². The van der Waals surface area contributed by atoms with Gasteiger partial charge in [0, 0.05) is 24.6 Å². The molecule has 8 nitrogen and oxygen atoms in total. The summed E-state index contributed by atoms with van der Waals surface area (Å²) >= 11 is 0. The van der Waals surface area contributed by atoms with Crippen molar-refractivity contribution < 1.29 is 27.8 Å². The number of oxazole rings is 1. The van der Waals surface area contributed by atoms with Crippen molar-refractivity contribution in [3.8, 4) is 17.6 Å². The number of carbonyl (C=O) groups excluding carboxylic acids is 1. The predicted octanol–water partition coefficient (Wildman–Crippen LogP) is 4.53. The third-order valence-electron chi connectivity index (χ3n) is 6.18. The predicted molar refractivity (Wildman–Crippen MR) is 128 cm³/mol. The summed E-state index contributed by atoms with van der Waals surface area (Å²) in [5.74, 6) is 0.175. The van der Waals surface area contributed by atoms with Gasteiger partial charge >= 0.3 is 5.97 Å². The van der Waals surface area contributed by atoms with Crippen molar-refractivity contribution in [3.63, 3.8) is 0 Å². The van der Waals surface area contributed by atoms with Crippen LogP contribution in [0, 0.1) is 17.1 Å². The summed E-state index contributed by atoms with van der Waals surface area (Å²) in [6.45, 7) is 0.545. The van der Waals surface area contributed by atoms with Crippen molar-refractivity contribution in [2.75, 3.05) is 19.1 Å². The van der Waals surface area contributed by atoms with Gasteiger partial charge in [0.15, 0.2) is 17.1 Å². The third-order valence-corrected chi connectivity index (χ3v) is 6.18. The Bertz CT molecular complexity index is 1480. The van der Waals surface area contributed by atoms with Gasteiger partial charge in [-0.1, -0.05) is 18.2 Å². The van der Waals surface area contributed by atoms with Gasteiger partial charge in [0.05, 0.1) is 25.9 Å². The number of esters is 1. The van der Waals surface area contributed by atoms with Crippen LogP contribution >= 0.6 is 0 Å². The molecule has 0 amide bonds. The summed E-state index contributed by atoms with van der Waals surface area (Å²) in [4.78, 5) is 19.0. The Morgan fingerprint density at radius 3 is 2.72 bits per heavy atom. The highest BCUT2D eigenvalue weighted by Gasteiger charge is 2.37. The number of methoxy groups -OCH3 is 2. The highest BCUT2D eigenvalue weighted by Crippen LogP contribution is 2.40. The molecular weight excluding hydrogens is 465 g/mol. The molecule has 3 aromatic carbocycles. The van der Waals surface area contributed by atoms with Gasteiger partial charge in [-0.3, -0.25) is 0 Å². The first-order chi connectivity index (χ1) is 17.5. The van der Waals surface area contributed by atoms with E-state index in [1.807, 2.05) is 24.3 Å². The first-order valence-electron chi connectivity index (χ1n) is 11.2. The molecule has 0 saturated heterocycles. The van der Waals surface area contributed by atoms with Gasteiger partial charge in [-0.05, 0) is 41.5 Å². The largest absolute Gasteiger partial charge is 0.493 e. The van der Waals surface area contributed by atoms with Gasteiger partial charge < -0.3 is 23.5 Å². The molecule has 5 rings (SSSR count). The third kappa shape index (κ3) is 4.29. The lowest BCUT2D eigenvalue weighted by Crippen LogP contribution is -2.46. The molecule has 0 N–H and O–H groups in total. The Morgan fingerprint density at radius 2 is 2.00 bits per heavy atom. The van der Waals surface area contributed by atoms with E-state index in [0.29, 0.717) is 34.7 Å². The molecule has 2 heterocycles. The van der Waals surface area contributed by atoms with Crippen molar-refractivity contribution in [3.05, 3.63) is 82.7 Å². The fourth-order valence-electron chi connectivity index (χ4n) is 4.32. The average Bonchev–Trinajstić information content (AvgIpc) is 3.33. The van der Waals surface area contributed by atoms with Crippen LogP contribution in [0.15, 0.2) is 59.0 Å². The molecule has 1 aliphatic heterocycles. The van der Waals surface area contributed by atoms with E-state index in [9.17, 15) is 9.18 Å². The quantitative estimate of drug-likeness (QED) is 0.366. The molecule has 4 aromatic rings. The number of rotatable bonds is 6. The Balaban J connectivity index is 1.50. The summed E-state index contributed by atoms with van der Waals surface area (Å²) in [6.07, 6.45) is 0.259. The van der Waals surface area contributed by atoms with Crippen LogP contribution in [0.4, 0.5) is 10.4 Å². The first kappa shape index (κ1) is 23.2. The van der Waals surface area contributed by atoms with Gasteiger partial charge in [-0.2, -0.15) is 10.2 Å². The van der Waals surface area contributed by atoms with Crippen LogP contribution in [0.5, 0.6) is 11.5 Å². The second-order valence-electron chi connectivity index (χ2n) is 8.31. The van der Waals surface area contributed by atoms with Crippen LogP contribution in [0.3, 0.4) is 0 Å². The lowest BCUT2D eigenvalue weighted by atomic mass is 9.92. The number of fused-ring (bicyclic) bond motifs is 2. The number of benzene rings is 3. The van der Waals surface area contributed by atoms with Crippen LogP contribution in [0.25, 0.3) is 11.1 Å². The highest BCUT2D eigenvalue weighted by molar-refractivity contribution is 5.82. The summed E-state index contributed by atoms with van der Waals surface area (Å²) in [7, 11) is 2.88. The number of halogens is 1. The van der Waals surface area contributed by atoms with E-state index in [-0.39, 0.29) is 19.0 Å². The zero-order chi connectivity index (χ0) is 25.2. The van der Waals surface area contributed by atoms with Crippen molar-refractivity contribution >= 4 is 23.1 Å². The van der Waals surface area contributed by atoms with Crippen molar-refractivity contribution in [1.82, 2.24) is 4.98 Å². The van der Waals surface area contributed by atoms with Gasteiger partial charge in [0.2, 0.25) is 0 Å². The number of nitriles is 1. The van der Waals surface area contributed by atoms with E-state index >= 15 is 0 Å². The number of anilines is 1. The summed E-state index contributed by atoms with van der Waals surface area (Å²) in [5.41, 5.74) is 3.95. The molecule has 1 atom stereocenters. The van der Waals surface area contributed by atoms with Gasteiger partial charge in [0.1, 0.15) is 24.0 Å². The molecule has 0 fully saturated rings. The van der Waals surface area contributed by atoms with Crippen LogP contribution in [-0.4, -0.2) is 31.2 Å². The second-order valence-corrected chi connectivity index (χ2v) is 8.31. The van der Waals surface area contributed by atoms with E-state index in [1.54, 1.807) is 24.1 Å². The van der Waals surface area contributed by atoms with Crippen molar-refractivity contribution in [1.29, 1.82) is 5.26 Å². The van der Waals surface area contributed by atoms with E-state index in [4.69, 9.17) is 23.9 Å². The van der Waals surface area contributed by atoms with Gasteiger partial charge in [-0.15, -0.1) is 0 Å². The lowest BCUT2D eigenvalue weighted by Gasteiger charge is -2.35. The first-order valence-corrected chi connectivity index (χ1v) is 11.2. The molecule has 1 aliphatic rings. The lowest BCUT2D eigenvalue weighted by molar-refractivity contribution is -0.142. The van der Waals surface area contributed by atoms with E-state index in [0.717, 1.165) is 16.7 Å². The molecule has 182 valence electrons. The molecular formula is C27H22FN3O5. The molecule has 36 heavy (non-hydrogen) atoms. The number of hydrogen-bond acceptors (Lipinski definition) is 8. The maximum Gasteiger partial charge on any atom is 0.329 e. The number of carbonyl (C=O) groups is 1. The number of ether oxygens (including phenoxy) is 3. The Hall–Kier alpha value is -4.58. The van der Waals surface area contributed by atoms with Crippen LogP contribution in [0.1, 0.15) is 22.3 Å². The minimum absolute atomic E-state index is 0.201. The van der Waals surface area contributed by atoms with Crippen molar-refractivity contribution in [2.24, 2.45) is 0 Å². The molecule has 0 saturated carbocycles. The van der Waals surface area contributed by atoms with Crippen LogP contribution in [-0.2, 0) is 29.1 Å². The fourth-order valence-corrected chi connectivity index (χ4v) is 4.32. The number of aromatic nitrogens is 1. The Labute approximate surface area is 206 Å². The maximum absolute atomic E-state index is 13.7. The molecule has 0 aliphatic carbocycles. The average molecular weight is 487 g/mol. The highest BCUT2D eigenvalue weighted by atomic mass is 19.1. The second kappa shape index (κ2) is 9.58. The van der Waals surface area contributed by atoms with Crippen molar-refractivity contribution in [2.45, 2.75) is 25.6 Å². The maximum atomic E-state index is 13.7. The zero-order valence-electron chi connectivity index (χ0n) is 19.7. The van der Waals surface area contributed by atoms with E-state index in [2.05, 4.69) is 11.1 Å². The summed E-state index contributed by atoms with van der Waals surface area (Å²) in [5, 5.41) is 9.02. The SMILES string of the molecule is COC(=O)[C@@H]1Cc2c(ccc(OC)c2OCc2ccc(C#N)cc2)CN1c1nc2ccc(F)cc2o1. The monoisotopic (exact) mass is 487 g/mol. The minimum Gasteiger partial charge on any atom is -0.493 e. The van der Waals surface area contributed by atoms with E-state index in [1.165, 1.54) is 25.3 Å². The molecule has 0 unspecified atom stereocenters. The molecule has 9 heteroatoms. The number of nitrogens with zero attached hydrogens (tertiary/aromatic N) is 3. The standard InChI is InChI=1S/C27H22FN3O5/c1-33-23-10-7-18-14-31(27-30-21-9-8-19(28)11-24(21)36-27)22(26(32)34-2)12-20(18)25(23)35-15-17-5-3-16(13-29)4-6-17/h3-11,22H,12,14-15H2,1-2H3/t22-/m0/s1. The van der Waals surface area contributed by atoms with E-state index < -0.39 is 17.8 Å². The molecule has 0 radical (unpaired) electrons. The minimum atomic E-state index is -0.746. The topological polar surface area (TPSA) is 97.8 Å². The summed E-state index contributed by atoms with van der Waals surface area (Å²) < 4.78 is 36.3. The molecule has 1 aromatic heterocycles. The van der Waals surface area contributed by atoms with Gasteiger partial charge in [0.25, 0.3) is 6.01 Å².